The lowest BCUT2D eigenvalue weighted by Gasteiger charge is -2.03. The van der Waals surface area contributed by atoms with E-state index >= 15 is 0 Å². The molecule has 2 rings (SSSR count). The van der Waals surface area contributed by atoms with Crippen molar-refractivity contribution in [2.75, 3.05) is 5.73 Å². The van der Waals surface area contributed by atoms with E-state index in [1.165, 1.54) is 0 Å². The average molecular weight is 176 g/mol. The first kappa shape index (κ1) is 7.98. The molecule has 0 fully saturated rings. The second-order valence-corrected chi connectivity index (χ2v) is 3.01. The number of nitrogens with two attached hydrogens (primary N) is 1. The van der Waals surface area contributed by atoms with Crippen molar-refractivity contribution in [1.82, 2.24) is 4.98 Å². The molecule has 2 nitrogen and oxygen atoms in total. The van der Waals surface area contributed by atoms with Crippen LogP contribution in [0.4, 0.5) is 10.2 Å². The molecule has 1 aromatic heterocycles. The lowest BCUT2D eigenvalue weighted by atomic mass is 10.1. The van der Waals surface area contributed by atoms with Gasteiger partial charge in [0.25, 0.3) is 0 Å². The molecule has 0 spiro atoms. The molecule has 0 amide bonds. The van der Waals surface area contributed by atoms with Gasteiger partial charge < -0.3 is 5.73 Å². The molecule has 2 aromatic rings. The van der Waals surface area contributed by atoms with Crippen LogP contribution in [0.25, 0.3) is 10.8 Å². The van der Waals surface area contributed by atoms with Gasteiger partial charge in [0.15, 0.2) is 0 Å². The lowest BCUT2D eigenvalue weighted by Crippen LogP contribution is -1.95. The van der Waals surface area contributed by atoms with E-state index in [0.717, 1.165) is 10.9 Å². The number of benzene rings is 1. The van der Waals surface area contributed by atoms with E-state index in [4.69, 9.17) is 5.73 Å². The zero-order valence-corrected chi connectivity index (χ0v) is 7.21. The van der Waals surface area contributed by atoms with Gasteiger partial charge in [-0.3, -0.25) is 0 Å². The van der Waals surface area contributed by atoms with Crippen molar-refractivity contribution >= 4 is 16.6 Å². The number of aryl methyl sites for hydroxylation is 1. The quantitative estimate of drug-likeness (QED) is 0.625. The molecular weight excluding hydrogens is 167 g/mol. The SMILES string of the molecule is Cc1cccc2cc(N)nc(F)c12. The number of fused-ring (bicyclic) bond motifs is 1. The third-order valence-corrected chi connectivity index (χ3v) is 2.04. The summed E-state index contributed by atoms with van der Waals surface area (Å²) in [6, 6.07) is 7.22. The Morgan fingerprint density at radius 2 is 2.15 bits per heavy atom. The summed E-state index contributed by atoms with van der Waals surface area (Å²) in [5, 5.41) is 1.35. The third-order valence-electron chi connectivity index (χ3n) is 2.04. The Balaban J connectivity index is 2.94. The van der Waals surface area contributed by atoms with E-state index in [1.807, 2.05) is 25.1 Å². The number of nitrogens with zero attached hydrogens (tertiary/aromatic N) is 1. The largest absolute Gasteiger partial charge is 0.384 e. The van der Waals surface area contributed by atoms with Gasteiger partial charge in [-0.25, -0.2) is 4.98 Å². The minimum Gasteiger partial charge on any atom is -0.384 e. The highest BCUT2D eigenvalue weighted by molar-refractivity contribution is 5.86. The molecule has 0 aliphatic rings. The molecule has 13 heavy (non-hydrogen) atoms. The van der Waals surface area contributed by atoms with Crippen molar-refractivity contribution < 1.29 is 4.39 Å². The fourth-order valence-corrected chi connectivity index (χ4v) is 1.45. The minimum atomic E-state index is -0.492. The Bertz CT molecular complexity index is 466. The highest BCUT2D eigenvalue weighted by Gasteiger charge is 2.05. The van der Waals surface area contributed by atoms with Crippen LogP contribution in [-0.2, 0) is 0 Å². The molecule has 0 aliphatic heterocycles. The van der Waals surface area contributed by atoms with Crippen LogP contribution < -0.4 is 5.73 Å². The molecule has 2 N–H and O–H groups in total. The van der Waals surface area contributed by atoms with Crippen molar-refractivity contribution in [1.29, 1.82) is 0 Å². The molecule has 0 atom stereocenters. The Kier molecular flexibility index (Phi) is 1.65. The first-order chi connectivity index (χ1) is 6.18. The molecule has 0 aliphatic carbocycles. The summed E-state index contributed by atoms with van der Waals surface area (Å²) in [4.78, 5) is 3.57. The van der Waals surface area contributed by atoms with E-state index in [-0.39, 0.29) is 5.82 Å². The molecule has 3 heteroatoms. The van der Waals surface area contributed by atoms with Gasteiger partial charge >= 0.3 is 0 Å². The normalized spacial score (nSPS) is 10.6. The van der Waals surface area contributed by atoms with E-state index in [0.29, 0.717) is 5.39 Å². The summed E-state index contributed by atoms with van der Waals surface area (Å²) in [7, 11) is 0. The maximum Gasteiger partial charge on any atom is 0.222 e. The molecule has 66 valence electrons. The van der Waals surface area contributed by atoms with Crippen molar-refractivity contribution in [2.24, 2.45) is 0 Å². The maximum absolute atomic E-state index is 13.3. The van der Waals surface area contributed by atoms with Gasteiger partial charge in [-0.15, -0.1) is 0 Å². The molecule has 0 saturated heterocycles. The number of nitrogen functional groups attached to an aromatic ring is 1. The van der Waals surface area contributed by atoms with Crippen LogP contribution in [-0.4, -0.2) is 4.98 Å². The highest BCUT2D eigenvalue weighted by Crippen LogP contribution is 2.21. The molecule has 0 bridgehead atoms. The Hall–Kier alpha value is -1.64. The second-order valence-electron chi connectivity index (χ2n) is 3.01. The van der Waals surface area contributed by atoms with Crippen LogP contribution >= 0.6 is 0 Å². The van der Waals surface area contributed by atoms with Gasteiger partial charge in [0.1, 0.15) is 5.82 Å². The topological polar surface area (TPSA) is 38.9 Å². The second kappa shape index (κ2) is 2.69. The monoisotopic (exact) mass is 176 g/mol. The first-order valence-electron chi connectivity index (χ1n) is 4.00. The van der Waals surface area contributed by atoms with Gasteiger partial charge in [-0.2, -0.15) is 4.39 Å². The predicted octanol–water partition coefficient (Wildman–Crippen LogP) is 2.26. The van der Waals surface area contributed by atoms with Gasteiger partial charge in [0, 0.05) is 5.39 Å². The van der Waals surface area contributed by atoms with Crippen LogP contribution in [0.1, 0.15) is 5.56 Å². The Morgan fingerprint density at radius 1 is 1.38 bits per heavy atom. The van der Waals surface area contributed by atoms with Gasteiger partial charge in [-0.05, 0) is 23.9 Å². The summed E-state index contributed by atoms with van der Waals surface area (Å²) in [6.45, 7) is 1.85. The molecule has 0 radical (unpaired) electrons. The number of hydrogen-bond donors (Lipinski definition) is 1. The number of rotatable bonds is 0. The van der Waals surface area contributed by atoms with Crippen LogP contribution in [0.2, 0.25) is 0 Å². The van der Waals surface area contributed by atoms with E-state index < -0.39 is 5.95 Å². The predicted molar refractivity (Wildman–Crippen MR) is 50.9 cm³/mol. The minimum absolute atomic E-state index is 0.218. The number of aromatic nitrogens is 1. The van der Waals surface area contributed by atoms with Crippen LogP contribution in [0.5, 0.6) is 0 Å². The van der Waals surface area contributed by atoms with E-state index in [9.17, 15) is 4.39 Å². The number of halogens is 1. The van der Waals surface area contributed by atoms with Crippen LogP contribution in [0, 0.1) is 12.9 Å². The van der Waals surface area contributed by atoms with Crippen molar-refractivity contribution in [2.45, 2.75) is 6.92 Å². The smallest absolute Gasteiger partial charge is 0.222 e. The molecule has 1 aromatic carbocycles. The molecule has 0 unspecified atom stereocenters. The zero-order chi connectivity index (χ0) is 9.42. The fourth-order valence-electron chi connectivity index (χ4n) is 1.45. The lowest BCUT2D eigenvalue weighted by molar-refractivity contribution is 0.598. The Morgan fingerprint density at radius 3 is 2.92 bits per heavy atom. The fraction of sp³-hybridized carbons (Fsp3) is 0.100. The summed E-state index contributed by atoms with van der Waals surface area (Å²) >= 11 is 0. The number of anilines is 1. The van der Waals surface area contributed by atoms with Crippen LogP contribution in [0.15, 0.2) is 24.3 Å². The zero-order valence-electron chi connectivity index (χ0n) is 7.21. The van der Waals surface area contributed by atoms with Gasteiger partial charge in [0.2, 0.25) is 5.95 Å². The van der Waals surface area contributed by atoms with Crippen molar-refractivity contribution in [3.05, 3.63) is 35.8 Å². The maximum atomic E-state index is 13.3. The highest BCUT2D eigenvalue weighted by atomic mass is 19.1. The number of hydrogen-bond acceptors (Lipinski definition) is 2. The molecule has 0 saturated carbocycles. The molecular formula is C10H9FN2. The van der Waals surface area contributed by atoms with Gasteiger partial charge in [-0.1, -0.05) is 18.2 Å². The van der Waals surface area contributed by atoms with Crippen molar-refractivity contribution in [3.63, 3.8) is 0 Å². The number of pyridine rings is 1. The third kappa shape index (κ3) is 1.22. The van der Waals surface area contributed by atoms with E-state index in [2.05, 4.69) is 4.98 Å². The first-order valence-corrected chi connectivity index (χ1v) is 4.00. The standard InChI is InChI=1S/C10H9FN2/c1-6-3-2-4-7-5-8(12)13-10(11)9(6)7/h2-5H,1H3,(H2,12,13). The van der Waals surface area contributed by atoms with E-state index in [1.54, 1.807) is 6.07 Å². The summed E-state index contributed by atoms with van der Waals surface area (Å²) < 4.78 is 13.3. The van der Waals surface area contributed by atoms with Crippen molar-refractivity contribution in [3.8, 4) is 0 Å². The van der Waals surface area contributed by atoms with Gasteiger partial charge in [0.05, 0.1) is 0 Å². The molecule has 1 heterocycles. The Labute approximate surface area is 75.2 Å². The summed E-state index contributed by atoms with van der Waals surface area (Å²) in [5.41, 5.74) is 6.30. The van der Waals surface area contributed by atoms with Crippen LogP contribution in [0.3, 0.4) is 0 Å². The summed E-state index contributed by atoms with van der Waals surface area (Å²) in [6.07, 6.45) is 0. The summed E-state index contributed by atoms with van der Waals surface area (Å²) in [5.74, 6) is -0.274. The average Bonchev–Trinajstić information content (AvgIpc) is 2.02.